The molecular weight excluding hydrogens is 491 g/mol. The Morgan fingerprint density at radius 1 is 1.12 bits per heavy atom. The van der Waals surface area contributed by atoms with E-state index in [1.54, 1.807) is 0 Å². The van der Waals surface area contributed by atoms with Gasteiger partial charge in [0.15, 0.2) is 5.78 Å². The summed E-state index contributed by atoms with van der Waals surface area (Å²) in [6.45, 7) is 6.18. The summed E-state index contributed by atoms with van der Waals surface area (Å²) in [4.78, 5) is 30.7. The number of aryl methyl sites for hydroxylation is 1. The minimum absolute atomic E-state index is 0. The number of nitrogens with one attached hydrogen (secondary N) is 1. The highest BCUT2D eigenvalue weighted by Crippen LogP contribution is 2.29. The van der Waals surface area contributed by atoms with Crippen LogP contribution in [0.2, 0.25) is 5.02 Å². The van der Waals surface area contributed by atoms with Crippen LogP contribution in [0.4, 0.5) is 5.69 Å². The number of ketones is 1. The molecule has 0 aliphatic carbocycles. The zero-order valence-corrected chi connectivity index (χ0v) is 21.9. The molecule has 2 aromatic rings. The van der Waals surface area contributed by atoms with Crippen molar-refractivity contribution in [1.82, 2.24) is 15.1 Å². The summed E-state index contributed by atoms with van der Waals surface area (Å²) >= 11 is 7.46. The number of benzene rings is 1. The summed E-state index contributed by atoms with van der Waals surface area (Å²) in [5, 5.41) is 7.92. The number of thioether (sulfide) groups is 1. The molecule has 0 radical (unpaired) electrons. The number of piperazine rings is 1. The average molecular weight is 524 g/mol. The third kappa shape index (κ3) is 6.66. The molecule has 4 rings (SSSR count). The van der Waals surface area contributed by atoms with Gasteiger partial charge in [-0.1, -0.05) is 48.3 Å². The molecule has 0 saturated carbocycles. The maximum Gasteiger partial charge on any atom is 0.240 e. The van der Waals surface area contributed by atoms with Crippen molar-refractivity contribution >= 4 is 57.9 Å². The average Bonchev–Trinajstić information content (AvgIpc) is 3.19. The van der Waals surface area contributed by atoms with E-state index in [0.717, 1.165) is 74.0 Å². The van der Waals surface area contributed by atoms with Crippen LogP contribution in [-0.4, -0.2) is 64.5 Å². The number of carbonyl (C=O) groups is 2. The van der Waals surface area contributed by atoms with Gasteiger partial charge >= 0.3 is 0 Å². The van der Waals surface area contributed by atoms with Crippen LogP contribution in [0.25, 0.3) is 5.57 Å². The molecule has 2 aliphatic rings. The van der Waals surface area contributed by atoms with Crippen LogP contribution in [0.15, 0.2) is 30.3 Å². The van der Waals surface area contributed by atoms with E-state index in [9.17, 15) is 9.59 Å². The van der Waals surface area contributed by atoms with Crippen molar-refractivity contribution in [3.63, 3.8) is 0 Å². The third-order valence-corrected chi connectivity index (χ3v) is 7.52. The Balaban J connectivity index is 0.00000324. The Morgan fingerprint density at radius 3 is 2.65 bits per heavy atom. The fraction of sp³-hybridized carbons (Fsp3) is 0.480. The molecule has 0 amide bonds. The summed E-state index contributed by atoms with van der Waals surface area (Å²) in [6, 6.07) is 7.96. The van der Waals surface area contributed by atoms with Crippen molar-refractivity contribution in [2.45, 2.75) is 39.0 Å². The van der Waals surface area contributed by atoms with Crippen molar-refractivity contribution in [2.75, 3.05) is 43.4 Å². The number of hydrogen-bond acceptors (Lipinski definition) is 6. The van der Waals surface area contributed by atoms with Gasteiger partial charge in [-0.05, 0) is 38.0 Å². The first-order chi connectivity index (χ1) is 16.0. The highest BCUT2D eigenvalue weighted by molar-refractivity contribution is 8.14. The quantitative estimate of drug-likeness (QED) is 0.543. The molecule has 6 nitrogen and oxygen atoms in total. The smallest absolute Gasteiger partial charge is 0.240 e. The molecule has 1 aromatic carbocycles. The molecule has 0 atom stereocenters. The SMILES string of the molecule is Cc1[nH]nc2c1/C(=C\CN1CCN(c3cccc(Cl)c3)CC1)C(=O)CCCCCCSC2=O.Cl. The number of rotatable bonds is 3. The number of Topliss-reactive ketones (excluding diaryl/α,β-unsaturated/α-hetero) is 1. The first kappa shape index (κ1) is 26.8. The first-order valence-electron chi connectivity index (χ1n) is 11.7. The van der Waals surface area contributed by atoms with E-state index in [1.807, 2.05) is 31.2 Å². The Bertz CT molecular complexity index is 1030. The maximum absolute atomic E-state index is 13.2. The number of carbonyl (C=O) groups excluding carboxylic acids is 2. The topological polar surface area (TPSA) is 69.3 Å². The van der Waals surface area contributed by atoms with E-state index in [2.05, 4.69) is 26.1 Å². The monoisotopic (exact) mass is 522 g/mol. The van der Waals surface area contributed by atoms with Crippen LogP contribution in [-0.2, 0) is 4.79 Å². The molecule has 34 heavy (non-hydrogen) atoms. The van der Waals surface area contributed by atoms with E-state index in [-0.39, 0.29) is 23.3 Å². The summed E-state index contributed by atoms with van der Waals surface area (Å²) in [5.41, 5.74) is 3.65. The third-order valence-electron chi connectivity index (χ3n) is 6.34. The maximum atomic E-state index is 13.2. The van der Waals surface area contributed by atoms with Gasteiger partial charge in [0.1, 0.15) is 5.69 Å². The van der Waals surface area contributed by atoms with Gasteiger partial charge in [-0.15, -0.1) is 12.4 Å². The number of aromatic nitrogens is 2. The fourth-order valence-corrected chi connectivity index (χ4v) is 5.46. The molecule has 1 aromatic heterocycles. The number of hydrogen-bond donors (Lipinski definition) is 1. The van der Waals surface area contributed by atoms with Crippen molar-refractivity contribution in [3.05, 3.63) is 52.3 Å². The number of H-pyrrole nitrogens is 1. The predicted molar refractivity (Wildman–Crippen MR) is 144 cm³/mol. The lowest BCUT2D eigenvalue weighted by Gasteiger charge is -2.35. The van der Waals surface area contributed by atoms with Crippen molar-refractivity contribution in [3.8, 4) is 0 Å². The molecule has 184 valence electrons. The van der Waals surface area contributed by atoms with E-state index in [4.69, 9.17) is 11.6 Å². The highest BCUT2D eigenvalue weighted by atomic mass is 35.5. The number of aromatic amines is 1. The second-order valence-corrected chi connectivity index (χ2v) is 10.2. The Morgan fingerprint density at radius 2 is 1.88 bits per heavy atom. The standard InChI is InChI=1S/C25H31ClN4O2S.ClH/c1-18-23-21(22(31)9-4-2-3-5-16-33-25(32)24(23)28-27-18)10-11-29-12-14-30(15-13-29)20-8-6-7-19(26)17-20;/h6-8,10,17H,2-5,9,11-16H2,1H3,(H,27,28);1H/b21-10-;. The second kappa shape index (κ2) is 12.8. The van der Waals surface area contributed by atoms with Crippen LogP contribution in [0.5, 0.6) is 0 Å². The van der Waals surface area contributed by atoms with Gasteiger partial charge < -0.3 is 4.90 Å². The second-order valence-electron chi connectivity index (χ2n) is 8.68. The molecule has 1 fully saturated rings. The molecule has 1 saturated heterocycles. The first-order valence-corrected chi connectivity index (χ1v) is 13.1. The lowest BCUT2D eigenvalue weighted by molar-refractivity contribution is -0.113. The molecule has 9 heteroatoms. The Labute approximate surface area is 216 Å². The van der Waals surface area contributed by atoms with E-state index >= 15 is 0 Å². The summed E-state index contributed by atoms with van der Waals surface area (Å²) in [7, 11) is 0. The number of fused-ring (bicyclic) bond motifs is 1. The highest BCUT2D eigenvalue weighted by Gasteiger charge is 2.25. The van der Waals surface area contributed by atoms with Crippen LogP contribution < -0.4 is 4.90 Å². The van der Waals surface area contributed by atoms with Crippen molar-refractivity contribution in [1.29, 1.82) is 0 Å². The number of nitrogens with zero attached hydrogens (tertiary/aromatic N) is 3. The van der Waals surface area contributed by atoms with E-state index in [0.29, 0.717) is 29.8 Å². The van der Waals surface area contributed by atoms with Crippen LogP contribution >= 0.6 is 35.8 Å². The van der Waals surface area contributed by atoms with E-state index in [1.165, 1.54) is 11.8 Å². The Hall–Kier alpha value is -1.80. The van der Waals surface area contributed by atoms with Gasteiger partial charge in [0.2, 0.25) is 5.12 Å². The van der Waals surface area contributed by atoms with Gasteiger partial charge in [-0.3, -0.25) is 19.6 Å². The molecule has 0 unspecified atom stereocenters. The summed E-state index contributed by atoms with van der Waals surface area (Å²) in [5.74, 6) is 0.908. The number of anilines is 1. The van der Waals surface area contributed by atoms with E-state index < -0.39 is 0 Å². The van der Waals surface area contributed by atoms with Gasteiger partial charge in [-0.2, -0.15) is 5.10 Å². The zero-order chi connectivity index (χ0) is 23.2. The molecule has 0 bridgehead atoms. The van der Waals surface area contributed by atoms with Gasteiger partial charge in [-0.25, -0.2) is 0 Å². The summed E-state index contributed by atoms with van der Waals surface area (Å²) in [6.07, 6.45) is 6.49. The number of allylic oxidation sites excluding steroid dienone is 1. The zero-order valence-electron chi connectivity index (χ0n) is 19.5. The Kier molecular flexibility index (Phi) is 10.1. The van der Waals surface area contributed by atoms with Crippen LogP contribution in [0.3, 0.4) is 0 Å². The lowest BCUT2D eigenvalue weighted by Crippen LogP contribution is -2.46. The van der Waals surface area contributed by atoms with Crippen molar-refractivity contribution in [2.24, 2.45) is 0 Å². The van der Waals surface area contributed by atoms with Crippen molar-refractivity contribution < 1.29 is 9.59 Å². The molecule has 2 aliphatic heterocycles. The minimum atomic E-state index is -0.0521. The normalized spacial score (nSPS) is 19.8. The van der Waals surface area contributed by atoms with Crippen LogP contribution in [0, 0.1) is 6.92 Å². The lowest BCUT2D eigenvalue weighted by atomic mass is 9.95. The summed E-state index contributed by atoms with van der Waals surface area (Å²) < 4.78 is 0. The predicted octanol–water partition coefficient (Wildman–Crippen LogP) is 5.41. The molecular formula is C25H32Cl2N4O2S. The molecule has 3 heterocycles. The largest absolute Gasteiger partial charge is 0.369 e. The van der Waals surface area contributed by atoms with Gasteiger partial charge in [0.25, 0.3) is 0 Å². The van der Waals surface area contributed by atoms with Gasteiger partial charge in [0.05, 0.1) is 0 Å². The van der Waals surface area contributed by atoms with Crippen LogP contribution in [0.1, 0.15) is 53.8 Å². The number of halogens is 2. The van der Waals surface area contributed by atoms with Gasteiger partial charge in [0, 0.05) is 72.4 Å². The molecule has 1 N–H and O–H groups in total. The minimum Gasteiger partial charge on any atom is -0.369 e. The fourth-order valence-electron chi connectivity index (χ4n) is 4.45. The molecule has 0 spiro atoms.